The van der Waals surface area contributed by atoms with E-state index in [1.54, 1.807) is 6.20 Å². The van der Waals surface area contributed by atoms with Crippen molar-refractivity contribution in [2.45, 2.75) is 27.0 Å². The molecule has 1 N–H and O–H groups in total. The largest absolute Gasteiger partial charge is 0.459 e. The van der Waals surface area contributed by atoms with E-state index in [2.05, 4.69) is 22.2 Å². The molecular weight excluding hydrogens is 274 g/mol. The van der Waals surface area contributed by atoms with Crippen molar-refractivity contribution in [2.24, 2.45) is 0 Å². The number of benzene rings is 1. The van der Waals surface area contributed by atoms with Crippen molar-refractivity contribution >= 4 is 11.6 Å². The van der Waals surface area contributed by atoms with Gasteiger partial charge in [0.15, 0.2) is 0 Å². The Bertz CT molecular complexity index is 575. The van der Waals surface area contributed by atoms with E-state index in [1.165, 1.54) is 0 Å². The Kier molecular flexibility index (Phi) is 5.32. The molecule has 0 radical (unpaired) electrons. The van der Waals surface area contributed by atoms with E-state index in [4.69, 9.17) is 16.3 Å². The Labute approximate surface area is 124 Å². The SMILES string of the molecule is CCNCc1cnc(OCc2cccc(Cl)c2)nc1C. The summed E-state index contributed by atoms with van der Waals surface area (Å²) in [6.07, 6.45) is 1.80. The fourth-order valence-electron chi connectivity index (χ4n) is 1.75. The van der Waals surface area contributed by atoms with E-state index in [0.29, 0.717) is 17.6 Å². The van der Waals surface area contributed by atoms with Crippen molar-refractivity contribution in [3.05, 3.63) is 52.3 Å². The van der Waals surface area contributed by atoms with E-state index < -0.39 is 0 Å². The average molecular weight is 292 g/mol. The lowest BCUT2D eigenvalue weighted by atomic mass is 10.2. The number of nitrogens with one attached hydrogen (secondary N) is 1. The lowest BCUT2D eigenvalue weighted by Crippen LogP contribution is -2.14. The van der Waals surface area contributed by atoms with Crippen molar-refractivity contribution in [3.63, 3.8) is 0 Å². The predicted molar refractivity (Wildman–Crippen MR) is 79.9 cm³/mol. The first kappa shape index (κ1) is 14.8. The molecule has 1 aromatic carbocycles. The van der Waals surface area contributed by atoms with Gasteiger partial charge in [0.25, 0.3) is 0 Å². The third-order valence-electron chi connectivity index (χ3n) is 2.88. The first-order valence-electron chi connectivity index (χ1n) is 6.59. The van der Waals surface area contributed by atoms with Gasteiger partial charge in [-0.05, 0) is 31.2 Å². The summed E-state index contributed by atoms with van der Waals surface area (Å²) in [5, 5.41) is 3.95. The highest BCUT2D eigenvalue weighted by Gasteiger charge is 2.04. The maximum atomic E-state index is 5.93. The van der Waals surface area contributed by atoms with E-state index in [-0.39, 0.29) is 0 Å². The zero-order valence-electron chi connectivity index (χ0n) is 11.7. The molecule has 2 aromatic rings. The van der Waals surface area contributed by atoms with Crippen LogP contribution < -0.4 is 10.1 Å². The quantitative estimate of drug-likeness (QED) is 0.888. The molecule has 0 spiro atoms. The van der Waals surface area contributed by atoms with Crippen molar-refractivity contribution in [2.75, 3.05) is 6.54 Å². The Morgan fingerprint density at radius 3 is 2.90 bits per heavy atom. The fourth-order valence-corrected chi connectivity index (χ4v) is 1.96. The molecule has 0 aliphatic rings. The van der Waals surface area contributed by atoms with Gasteiger partial charge < -0.3 is 10.1 Å². The Hall–Kier alpha value is -1.65. The predicted octanol–water partition coefficient (Wildman–Crippen LogP) is 3.13. The summed E-state index contributed by atoms with van der Waals surface area (Å²) in [6.45, 7) is 6.13. The number of hydrogen-bond acceptors (Lipinski definition) is 4. The van der Waals surface area contributed by atoms with Crippen LogP contribution in [0.25, 0.3) is 0 Å². The summed E-state index contributed by atoms with van der Waals surface area (Å²) in [5.41, 5.74) is 3.01. The molecule has 4 nitrogen and oxygen atoms in total. The molecule has 0 saturated carbocycles. The molecule has 1 heterocycles. The Balaban J connectivity index is 1.98. The minimum absolute atomic E-state index is 0.391. The molecule has 0 aliphatic carbocycles. The maximum absolute atomic E-state index is 5.93. The number of hydrogen-bond donors (Lipinski definition) is 1. The molecule has 0 amide bonds. The van der Waals surface area contributed by atoms with Gasteiger partial charge in [-0.15, -0.1) is 0 Å². The number of rotatable bonds is 6. The van der Waals surface area contributed by atoms with Crippen LogP contribution in [-0.4, -0.2) is 16.5 Å². The lowest BCUT2D eigenvalue weighted by Gasteiger charge is -2.08. The second kappa shape index (κ2) is 7.22. The van der Waals surface area contributed by atoms with Crippen LogP contribution in [0.3, 0.4) is 0 Å². The van der Waals surface area contributed by atoms with Gasteiger partial charge in [0.2, 0.25) is 0 Å². The molecule has 0 aliphatic heterocycles. The average Bonchev–Trinajstić information content (AvgIpc) is 2.44. The van der Waals surface area contributed by atoms with E-state index >= 15 is 0 Å². The summed E-state index contributed by atoms with van der Waals surface area (Å²) < 4.78 is 5.59. The number of nitrogens with zero attached hydrogens (tertiary/aromatic N) is 2. The van der Waals surface area contributed by atoms with Gasteiger partial charge >= 0.3 is 6.01 Å². The highest BCUT2D eigenvalue weighted by molar-refractivity contribution is 6.30. The zero-order chi connectivity index (χ0) is 14.4. The van der Waals surface area contributed by atoms with Crippen LogP contribution in [0.15, 0.2) is 30.5 Å². The van der Waals surface area contributed by atoms with Gasteiger partial charge in [-0.3, -0.25) is 0 Å². The van der Waals surface area contributed by atoms with E-state index in [9.17, 15) is 0 Å². The van der Waals surface area contributed by atoms with Crippen molar-refractivity contribution in [1.82, 2.24) is 15.3 Å². The van der Waals surface area contributed by atoms with Gasteiger partial charge in [-0.25, -0.2) is 9.97 Å². The van der Waals surface area contributed by atoms with Crippen LogP contribution in [0.5, 0.6) is 6.01 Å². The fraction of sp³-hybridized carbons (Fsp3) is 0.333. The minimum atomic E-state index is 0.391. The normalized spacial score (nSPS) is 10.6. The van der Waals surface area contributed by atoms with Crippen LogP contribution >= 0.6 is 11.6 Å². The molecule has 2 rings (SSSR count). The molecular formula is C15H18ClN3O. The second-order valence-electron chi connectivity index (χ2n) is 4.46. The van der Waals surface area contributed by atoms with Gasteiger partial charge in [0.05, 0.1) is 0 Å². The van der Waals surface area contributed by atoms with Crippen LogP contribution in [0.4, 0.5) is 0 Å². The number of aromatic nitrogens is 2. The topological polar surface area (TPSA) is 47.0 Å². The van der Waals surface area contributed by atoms with Crippen molar-refractivity contribution in [1.29, 1.82) is 0 Å². The highest BCUT2D eigenvalue weighted by atomic mass is 35.5. The van der Waals surface area contributed by atoms with Gasteiger partial charge in [0.1, 0.15) is 6.61 Å². The molecule has 1 aromatic heterocycles. The molecule has 5 heteroatoms. The number of halogens is 1. The standard InChI is InChI=1S/C15H18ClN3O/c1-3-17-8-13-9-18-15(19-11(13)2)20-10-12-5-4-6-14(16)7-12/h4-7,9,17H,3,8,10H2,1-2H3. The maximum Gasteiger partial charge on any atom is 0.316 e. The van der Waals surface area contributed by atoms with Gasteiger partial charge in [0, 0.05) is 29.0 Å². The second-order valence-corrected chi connectivity index (χ2v) is 4.90. The molecule has 106 valence electrons. The molecule has 0 bridgehead atoms. The summed E-state index contributed by atoms with van der Waals surface area (Å²) in [4.78, 5) is 8.58. The van der Waals surface area contributed by atoms with E-state index in [1.807, 2.05) is 31.2 Å². The van der Waals surface area contributed by atoms with Gasteiger partial charge in [-0.2, -0.15) is 0 Å². The van der Waals surface area contributed by atoms with Crippen LogP contribution in [0.1, 0.15) is 23.7 Å². The first-order chi connectivity index (χ1) is 9.69. The third-order valence-corrected chi connectivity index (χ3v) is 3.12. The minimum Gasteiger partial charge on any atom is -0.459 e. The smallest absolute Gasteiger partial charge is 0.316 e. The Morgan fingerprint density at radius 1 is 1.35 bits per heavy atom. The van der Waals surface area contributed by atoms with E-state index in [0.717, 1.165) is 29.9 Å². The van der Waals surface area contributed by atoms with Crippen molar-refractivity contribution < 1.29 is 4.74 Å². The molecule has 0 saturated heterocycles. The summed E-state index contributed by atoms with van der Waals surface area (Å²) >= 11 is 5.93. The lowest BCUT2D eigenvalue weighted by molar-refractivity contribution is 0.279. The molecule has 0 atom stereocenters. The van der Waals surface area contributed by atoms with Gasteiger partial charge in [-0.1, -0.05) is 30.7 Å². The van der Waals surface area contributed by atoms with Crippen molar-refractivity contribution in [3.8, 4) is 6.01 Å². The monoisotopic (exact) mass is 291 g/mol. The number of ether oxygens (including phenoxy) is 1. The molecule has 0 unspecified atom stereocenters. The van der Waals surface area contributed by atoms with Crippen LogP contribution in [-0.2, 0) is 13.2 Å². The molecule has 0 fully saturated rings. The highest BCUT2D eigenvalue weighted by Crippen LogP contribution is 2.13. The van der Waals surface area contributed by atoms with Crippen LogP contribution in [0, 0.1) is 6.92 Å². The summed E-state index contributed by atoms with van der Waals surface area (Å²) in [6, 6.07) is 7.95. The third kappa shape index (κ3) is 4.18. The van der Waals surface area contributed by atoms with Crippen LogP contribution in [0.2, 0.25) is 5.02 Å². The summed E-state index contributed by atoms with van der Waals surface area (Å²) in [5.74, 6) is 0. The summed E-state index contributed by atoms with van der Waals surface area (Å²) in [7, 11) is 0. The number of aryl methyl sites for hydroxylation is 1. The molecule has 20 heavy (non-hydrogen) atoms. The Morgan fingerprint density at radius 2 is 2.20 bits per heavy atom. The first-order valence-corrected chi connectivity index (χ1v) is 6.97. The zero-order valence-corrected chi connectivity index (χ0v) is 12.4.